The van der Waals surface area contributed by atoms with Crippen LogP contribution in [0, 0.1) is 0 Å². The van der Waals surface area contributed by atoms with E-state index < -0.39 is 46.8 Å². The molecule has 0 amide bonds. The van der Waals surface area contributed by atoms with Gasteiger partial charge < -0.3 is 4.74 Å². The van der Waals surface area contributed by atoms with Gasteiger partial charge in [-0.2, -0.15) is 43.9 Å². The van der Waals surface area contributed by atoms with Crippen LogP contribution >= 0.6 is 0 Å². The minimum Gasteiger partial charge on any atom is -0.465 e. The van der Waals surface area contributed by atoms with Gasteiger partial charge >= 0.3 is 36.1 Å². The lowest BCUT2D eigenvalue weighted by molar-refractivity contribution is -0.453. The molecule has 1 rings (SSSR count). The van der Waals surface area contributed by atoms with Crippen molar-refractivity contribution >= 4 is 5.97 Å². The fourth-order valence-corrected chi connectivity index (χ4v) is 1.52. The van der Waals surface area contributed by atoms with Crippen molar-refractivity contribution in [1.29, 1.82) is 0 Å². The van der Waals surface area contributed by atoms with Gasteiger partial charge in [-0.3, -0.25) is 9.30 Å². The fraction of sp³-hybridized carbons (Fsp3) is 0.636. The van der Waals surface area contributed by atoms with Gasteiger partial charge in [0.05, 0.1) is 13.4 Å². The van der Waals surface area contributed by atoms with Gasteiger partial charge in [0.2, 0.25) is 0 Å². The molecule has 1 aromatic heterocycles. The molecule has 0 aromatic carbocycles. The Kier molecular flexibility index (Phi) is 5.76. The van der Waals surface area contributed by atoms with Crippen LogP contribution in [0.5, 0.6) is 0 Å². The molecule has 2 unspecified atom stereocenters. The Labute approximate surface area is 141 Å². The van der Waals surface area contributed by atoms with Gasteiger partial charge in [0.25, 0.3) is 6.17 Å². The Morgan fingerprint density at radius 2 is 1.56 bits per heavy atom. The van der Waals surface area contributed by atoms with Crippen molar-refractivity contribution in [2.45, 2.75) is 36.3 Å². The molecule has 27 heavy (non-hydrogen) atoms. The molecule has 0 saturated carbocycles. The second-order valence-electron chi connectivity index (χ2n) is 4.75. The predicted molar refractivity (Wildman–Crippen MR) is 60.2 cm³/mol. The first-order valence-corrected chi connectivity index (χ1v) is 6.25. The molecule has 0 bridgehead atoms. The van der Waals surface area contributed by atoms with Crippen LogP contribution in [0.1, 0.15) is 0 Å². The Bertz CT molecular complexity index is 661. The van der Waals surface area contributed by atoms with Gasteiger partial charge in [-0.25, -0.2) is 14.2 Å². The number of hydrogen-bond donors (Lipinski definition) is 0. The number of alkyl halides is 11. The van der Waals surface area contributed by atoms with Crippen LogP contribution in [0.15, 0.2) is 18.7 Å². The van der Waals surface area contributed by atoms with Gasteiger partial charge in [0.1, 0.15) is 0 Å². The highest BCUT2D eigenvalue weighted by Crippen LogP contribution is 2.50. The monoisotopic (exact) mass is 424 g/mol. The van der Waals surface area contributed by atoms with Crippen molar-refractivity contribution in [3.05, 3.63) is 18.7 Å². The molecule has 0 spiro atoms. The topological polar surface area (TPSA) is 53.4 Å². The summed E-state index contributed by atoms with van der Waals surface area (Å²) in [6.45, 7) is 0. The number of rotatable bonds is 7. The van der Waals surface area contributed by atoms with E-state index in [1.807, 2.05) is 0 Å². The third-order valence-electron chi connectivity index (χ3n) is 2.94. The van der Waals surface area contributed by atoms with E-state index in [0.29, 0.717) is 6.20 Å². The van der Waals surface area contributed by atoms with Crippen LogP contribution in [-0.2, 0) is 20.3 Å². The van der Waals surface area contributed by atoms with Crippen LogP contribution in [0.4, 0.5) is 48.3 Å². The van der Waals surface area contributed by atoms with Gasteiger partial charge in [-0.05, 0) is 0 Å². The first-order chi connectivity index (χ1) is 11.9. The molecule has 0 fully saturated rings. The van der Waals surface area contributed by atoms with Crippen LogP contribution < -0.4 is 0 Å². The normalized spacial score (nSPS) is 17.3. The Morgan fingerprint density at radius 1 is 1.04 bits per heavy atom. The molecular formula is C11H7F11N2O3. The minimum atomic E-state index is -6.88. The lowest BCUT2D eigenvalue weighted by atomic mass is 10.1. The number of carbonyl (C=O) groups is 1. The van der Waals surface area contributed by atoms with Gasteiger partial charge in [0.15, 0.2) is 0 Å². The summed E-state index contributed by atoms with van der Waals surface area (Å²) in [7, 11) is 0.0488. The zero-order valence-corrected chi connectivity index (χ0v) is 12.6. The summed E-state index contributed by atoms with van der Waals surface area (Å²) in [5.41, 5.74) is 0. The number of halogens is 11. The Morgan fingerprint density at radius 3 is 1.93 bits per heavy atom. The summed E-state index contributed by atoms with van der Waals surface area (Å²) in [5, 5.41) is 0. The summed E-state index contributed by atoms with van der Waals surface area (Å²) < 4.78 is 150. The van der Waals surface area contributed by atoms with Crippen LogP contribution in [0.3, 0.4) is 0 Å². The second-order valence-corrected chi connectivity index (χ2v) is 4.75. The van der Waals surface area contributed by atoms with E-state index in [-0.39, 0.29) is 19.6 Å². The van der Waals surface area contributed by atoms with Crippen molar-refractivity contribution < 1.29 is 62.6 Å². The fourth-order valence-electron chi connectivity index (χ4n) is 1.52. The van der Waals surface area contributed by atoms with Gasteiger partial charge in [0, 0.05) is 12.4 Å². The molecule has 1 aromatic rings. The molecular weight excluding hydrogens is 417 g/mol. The average Bonchev–Trinajstić information content (AvgIpc) is 3.06. The maximum Gasteiger partial charge on any atom is 0.460 e. The first kappa shape index (κ1) is 22.9. The molecule has 2 atom stereocenters. The Hall–Kier alpha value is -2.13. The van der Waals surface area contributed by atoms with Crippen molar-refractivity contribution in [2.24, 2.45) is 0 Å². The minimum absolute atomic E-state index is 0.0330. The number of carbonyl (C=O) groups excluding carboxylic acids is 1. The van der Waals surface area contributed by atoms with Crippen LogP contribution in [-0.4, -0.2) is 52.9 Å². The SMILES string of the molecule is COC(=O)C(F)(OC(F)(F)C(F)(F)C(F)C(F)(F)n1ccnc1)C(F)(F)F. The number of esters is 1. The summed E-state index contributed by atoms with van der Waals surface area (Å²) >= 11 is 0. The Balaban J connectivity index is 3.32. The molecule has 5 nitrogen and oxygen atoms in total. The average molecular weight is 424 g/mol. The number of ether oxygens (including phenoxy) is 2. The van der Waals surface area contributed by atoms with E-state index in [1.165, 1.54) is 0 Å². The molecule has 0 aliphatic carbocycles. The number of methoxy groups -OCH3 is 1. The third-order valence-corrected chi connectivity index (χ3v) is 2.94. The van der Waals surface area contributed by atoms with E-state index in [0.717, 1.165) is 0 Å². The molecule has 0 N–H and O–H groups in total. The van der Waals surface area contributed by atoms with Crippen LogP contribution in [0.25, 0.3) is 0 Å². The van der Waals surface area contributed by atoms with Gasteiger partial charge in [-0.15, -0.1) is 0 Å². The molecule has 156 valence electrons. The smallest absolute Gasteiger partial charge is 0.460 e. The summed E-state index contributed by atoms with van der Waals surface area (Å²) in [4.78, 5) is 13.7. The molecule has 0 radical (unpaired) electrons. The van der Waals surface area contributed by atoms with Crippen molar-refractivity contribution in [3.8, 4) is 0 Å². The second kappa shape index (κ2) is 6.79. The van der Waals surface area contributed by atoms with E-state index in [1.54, 1.807) is 0 Å². The van der Waals surface area contributed by atoms with Gasteiger partial charge in [-0.1, -0.05) is 0 Å². The van der Waals surface area contributed by atoms with E-state index >= 15 is 0 Å². The van der Waals surface area contributed by atoms with Crippen LogP contribution in [0.2, 0.25) is 0 Å². The summed E-state index contributed by atoms with van der Waals surface area (Å²) in [6, 6.07) is -5.48. The highest BCUT2D eigenvalue weighted by Gasteiger charge is 2.77. The number of aromatic nitrogens is 2. The zero-order chi connectivity index (χ0) is 21.5. The highest BCUT2D eigenvalue weighted by atomic mass is 19.4. The van der Waals surface area contributed by atoms with E-state index in [9.17, 15) is 53.1 Å². The molecule has 0 saturated heterocycles. The number of hydrogen-bond acceptors (Lipinski definition) is 4. The summed E-state index contributed by atoms with van der Waals surface area (Å²) in [6.07, 6.45) is -18.1. The predicted octanol–water partition coefficient (Wildman–Crippen LogP) is 3.42. The lowest BCUT2D eigenvalue weighted by Gasteiger charge is -2.35. The highest BCUT2D eigenvalue weighted by molar-refractivity contribution is 5.78. The lowest BCUT2D eigenvalue weighted by Crippen LogP contribution is -2.62. The van der Waals surface area contributed by atoms with E-state index in [2.05, 4.69) is 14.5 Å². The number of imidazole rings is 1. The number of nitrogens with zero attached hydrogens (tertiary/aromatic N) is 2. The van der Waals surface area contributed by atoms with Crippen molar-refractivity contribution in [1.82, 2.24) is 9.55 Å². The quantitative estimate of drug-likeness (QED) is 0.498. The zero-order valence-electron chi connectivity index (χ0n) is 12.6. The maximum atomic E-state index is 13.6. The van der Waals surface area contributed by atoms with Crippen molar-refractivity contribution in [3.63, 3.8) is 0 Å². The molecule has 0 aliphatic heterocycles. The standard InChI is InChI=1S/C11H7F11N2O3/c1-26-6(25)8(15,10(18,19)20)27-11(21,22)7(13,14)5(12)9(16,17)24-3-2-23-4-24/h2-5H,1H3. The van der Waals surface area contributed by atoms with Crippen molar-refractivity contribution in [2.75, 3.05) is 7.11 Å². The maximum absolute atomic E-state index is 13.6. The first-order valence-electron chi connectivity index (χ1n) is 6.25. The molecule has 1 heterocycles. The largest absolute Gasteiger partial charge is 0.465 e. The third kappa shape index (κ3) is 3.79. The molecule has 16 heteroatoms. The van der Waals surface area contributed by atoms with E-state index in [4.69, 9.17) is 0 Å². The summed E-state index contributed by atoms with van der Waals surface area (Å²) in [5.74, 6) is -16.2. The molecule has 0 aliphatic rings.